The fraction of sp³-hybridized carbons (Fsp3) is 0.588. The van der Waals surface area contributed by atoms with E-state index >= 15 is 0 Å². The standard InChI is InChI=1S/C17H25N3O.ClH/c1-12-3-4-13(2)16(7-12)19-17(21)11-20-6-5-14-8-18-9-15(14)10-20;/h3-4,7,14-15,18H,5-6,8-11H2,1-2H3,(H,19,21);1H. The van der Waals surface area contributed by atoms with E-state index in [4.69, 9.17) is 0 Å². The molecule has 2 saturated heterocycles. The Kier molecular flexibility index (Phi) is 5.84. The van der Waals surface area contributed by atoms with Gasteiger partial charge in [-0.2, -0.15) is 0 Å². The summed E-state index contributed by atoms with van der Waals surface area (Å²) >= 11 is 0. The van der Waals surface area contributed by atoms with Crippen molar-refractivity contribution in [3.8, 4) is 0 Å². The van der Waals surface area contributed by atoms with Crippen molar-refractivity contribution in [3.05, 3.63) is 29.3 Å². The van der Waals surface area contributed by atoms with E-state index in [0.717, 1.165) is 49.3 Å². The lowest BCUT2D eigenvalue weighted by atomic mass is 9.89. The molecule has 2 N–H and O–H groups in total. The first-order valence-electron chi connectivity index (χ1n) is 7.92. The third-order valence-corrected chi connectivity index (χ3v) is 4.82. The molecule has 0 spiro atoms. The number of benzene rings is 1. The summed E-state index contributed by atoms with van der Waals surface area (Å²) in [5.41, 5.74) is 3.24. The summed E-state index contributed by atoms with van der Waals surface area (Å²) in [7, 11) is 0. The van der Waals surface area contributed by atoms with E-state index in [1.807, 2.05) is 19.9 Å². The van der Waals surface area contributed by atoms with Gasteiger partial charge in [-0.1, -0.05) is 12.1 Å². The smallest absolute Gasteiger partial charge is 0.238 e. The van der Waals surface area contributed by atoms with Crippen LogP contribution in [0.25, 0.3) is 0 Å². The quantitative estimate of drug-likeness (QED) is 0.896. The zero-order valence-corrected chi connectivity index (χ0v) is 14.2. The lowest BCUT2D eigenvalue weighted by Crippen LogP contribution is -2.43. The molecule has 0 saturated carbocycles. The van der Waals surface area contributed by atoms with Gasteiger partial charge in [0, 0.05) is 12.2 Å². The first-order valence-corrected chi connectivity index (χ1v) is 7.92. The van der Waals surface area contributed by atoms with Crippen LogP contribution in [0.2, 0.25) is 0 Å². The van der Waals surface area contributed by atoms with Crippen LogP contribution in [-0.4, -0.2) is 43.5 Å². The molecule has 22 heavy (non-hydrogen) atoms. The van der Waals surface area contributed by atoms with Gasteiger partial charge in [0.15, 0.2) is 0 Å². The van der Waals surface area contributed by atoms with Crippen LogP contribution < -0.4 is 10.6 Å². The number of nitrogens with one attached hydrogen (secondary N) is 2. The van der Waals surface area contributed by atoms with Crippen LogP contribution in [0.15, 0.2) is 18.2 Å². The van der Waals surface area contributed by atoms with Crippen molar-refractivity contribution in [2.75, 3.05) is 38.0 Å². The third-order valence-electron chi connectivity index (χ3n) is 4.82. The summed E-state index contributed by atoms with van der Waals surface area (Å²) in [6, 6.07) is 6.17. The number of hydrogen-bond donors (Lipinski definition) is 2. The minimum Gasteiger partial charge on any atom is -0.325 e. The summed E-state index contributed by atoms with van der Waals surface area (Å²) in [5, 5.41) is 6.53. The lowest BCUT2D eigenvalue weighted by molar-refractivity contribution is -0.117. The Bertz CT molecular complexity index is 535. The Morgan fingerprint density at radius 1 is 1.32 bits per heavy atom. The van der Waals surface area contributed by atoms with E-state index in [2.05, 4.69) is 27.7 Å². The number of anilines is 1. The summed E-state index contributed by atoms with van der Waals surface area (Å²) in [5.74, 6) is 1.66. The molecular formula is C17H26ClN3O. The van der Waals surface area contributed by atoms with Gasteiger partial charge in [-0.3, -0.25) is 9.69 Å². The molecule has 2 heterocycles. The van der Waals surface area contributed by atoms with Gasteiger partial charge >= 0.3 is 0 Å². The number of carbonyl (C=O) groups excluding carboxylic acids is 1. The highest BCUT2D eigenvalue weighted by atomic mass is 35.5. The van der Waals surface area contributed by atoms with Crippen molar-refractivity contribution in [1.29, 1.82) is 0 Å². The van der Waals surface area contributed by atoms with Gasteiger partial charge in [0.05, 0.1) is 6.54 Å². The highest BCUT2D eigenvalue weighted by molar-refractivity contribution is 5.93. The Hall–Kier alpha value is -1.10. The largest absolute Gasteiger partial charge is 0.325 e. The molecule has 2 atom stereocenters. The number of nitrogens with zero attached hydrogens (tertiary/aromatic N) is 1. The Morgan fingerprint density at radius 3 is 2.91 bits per heavy atom. The zero-order chi connectivity index (χ0) is 14.8. The summed E-state index contributed by atoms with van der Waals surface area (Å²) in [6.07, 6.45) is 1.22. The number of hydrogen-bond acceptors (Lipinski definition) is 3. The molecule has 2 aliphatic rings. The number of piperidine rings is 1. The molecule has 4 nitrogen and oxygen atoms in total. The molecule has 0 aliphatic carbocycles. The maximum absolute atomic E-state index is 12.3. The molecule has 2 aliphatic heterocycles. The average Bonchev–Trinajstić information content (AvgIpc) is 2.90. The number of aryl methyl sites for hydroxylation is 2. The van der Waals surface area contributed by atoms with Crippen molar-refractivity contribution in [3.63, 3.8) is 0 Å². The van der Waals surface area contributed by atoms with Crippen LogP contribution in [0.5, 0.6) is 0 Å². The second-order valence-corrected chi connectivity index (χ2v) is 6.57. The minimum atomic E-state index is 0. The Balaban J connectivity index is 0.00000176. The Morgan fingerprint density at radius 2 is 2.09 bits per heavy atom. The van der Waals surface area contributed by atoms with Crippen molar-refractivity contribution in [1.82, 2.24) is 10.2 Å². The fourth-order valence-electron chi connectivity index (χ4n) is 3.52. The SMILES string of the molecule is Cc1ccc(C)c(NC(=O)CN2CCC3CNCC3C2)c1.Cl. The second kappa shape index (κ2) is 7.44. The van der Waals surface area contributed by atoms with E-state index in [0.29, 0.717) is 6.54 Å². The predicted octanol–water partition coefficient (Wildman–Crippen LogP) is 2.21. The molecular weight excluding hydrogens is 298 g/mol. The molecule has 122 valence electrons. The molecule has 0 radical (unpaired) electrons. The van der Waals surface area contributed by atoms with Crippen molar-refractivity contribution in [2.24, 2.45) is 11.8 Å². The van der Waals surface area contributed by atoms with E-state index in [1.165, 1.54) is 12.0 Å². The number of amides is 1. The van der Waals surface area contributed by atoms with Crippen LogP contribution in [-0.2, 0) is 4.79 Å². The summed E-state index contributed by atoms with van der Waals surface area (Å²) in [4.78, 5) is 14.6. The lowest BCUT2D eigenvalue weighted by Gasteiger charge is -2.33. The van der Waals surface area contributed by atoms with E-state index < -0.39 is 0 Å². The van der Waals surface area contributed by atoms with E-state index in [-0.39, 0.29) is 18.3 Å². The number of halogens is 1. The zero-order valence-electron chi connectivity index (χ0n) is 13.4. The molecule has 0 bridgehead atoms. The number of rotatable bonds is 3. The number of carbonyl (C=O) groups is 1. The number of likely N-dealkylation sites (tertiary alicyclic amines) is 1. The van der Waals surface area contributed by atoms with Crippen molar-refractivity contribution >= 4 is 24.0 Å². The van der Waals surface area contributed by atoms with Gasteiger partial charge in [0.2, 0.25) is 5.91 Å². The highest BCUT2D eigenvalue weighted by Gasteiger charge is 2.33. The van der Waals surface area contributed by atoms with Gasteiger partial charge in [-0.25, -0.2) is 0 Å². The van der Waals surface area contributed by atoms with Crippen LogP contribution in [0, 0.1) is 25.7 Å². The maximum Gasteiger partial charge on any atom is 0.238 e. The molecule has 0 aromatic heterocycles. The highest BCUT2D eigenvalue weighted by Crippen LogP contribution is 2.26. The second-order valence-electron chi connectivity index (χ2n) is 6.57. The van der Waals surface area contributed by atoms with Gasteiger partial charge in [0.1, 0.15) is 0 Å². The molecule has 3 rings (SSSR count). The van der Waals surface area contributed by atoms with Crippen LogP contribution in [0.4, 0.5) is 5.69 Å². The van der Waals surface area contributed by atoms with Crippen LogP contribution in [0.3, 0.4) is 0 Å². The topological polar surface area (TPSA) is 44.4 Å². The van der Waals surface area contributed by atoms with Gasteiger partial charge in [-0.15, -0.1) is 12.4 Å². The third kappa shape index (κ3) is 4.00. The van der Waals surface area contributed by atoms with Crippen LogP contribution >= 0.6 is 12.4 Å². The van der Waals surface area contributed by atoms with Crippen molar-refractivity contribution in [2.45, 2.75) is 20.3 Å². The average molecular weight is 324 g/mol. The molecule has 1 aromatic carbocycles. The molecule has 2 fully saturated rings. The first kappa shape index (κ1) is 17.3. The van der Waals surface area contributed by atoms with Gasteiger partial charge < -0.3 is 10.6 Å². The molecule has 2 unspecified atom stereocenters. The predicted molar refractivity (Wildman–Crippen MR) is 92.7 cm³/mol. The molecule has 1 amide bonds. The molecule has 5 heteroatoms. The summed E-state index contributed by atoms with van der Waals surface area (Å²) < 4.78 is 0. The minimum absolute atomic E-state index is 0. The first-order chi connectivity index (χ1) is 10.1. The van der Waals surface area contributed by atoms with E-state index in [9.17, 15) is 4.79 Å². The Labute approximate surface area is 139 Å². The number of fused-ring (bicyclic) bond motifs is 1. The van der Waals surface area contributed by atoms with E-state index in [1.54, 1.807) is 0 Å². The maximum atomic E-state index is 12.3. The van der Waals surface area contributed by atoms with Gasteiger partial charge in [-0.05, 0) is 68.9 Å². The monoisotopic (exact) mass is 323 g/mol. The normalized spacial score (nSPS) is 24.5. The van der Waals surface area contributed by atoms with Gasteiger partial charge in [0.25, 0.3) is 0 Å². The van der Waals surface area contributed by atoms with Crippen molar-refractivity contribution < 1.29 is 4.79 Å². The van der Waals surface area contributed by atoms with Crippen LogP contribution in [0.1, 0.15) is 17.5 Å². The molecule has 1 aromatic rings. The summed E-state index contributed by atoms with van der Waals surface area (Å²) in [6.45, 7) is 8.96. The fourth-order valence-corrected chi connectivity index (χ4v) is 3.52.